The molecule has 0 spiro atoms. The van der Waals surface area contributed by atoms with Crippen LogP contribution in [0.5, 0.6) is 0 Å². The lowest BCUT2D eigenvalue weighted by Crippen LogP contribution is -2.01. The molecule has 0 saturated heterocycles. The lowest BCUT2D eigenvalue weighted by Gasteiger charge is -2.13. The molecule has 0 N–H and O–H groups in total. The second kappa shape index (κ2) is 5.53. The molecular formula is C16H16ClF. The summed E-state index contributed by atoms with van der Waals surface area (Å²) in [4.78, 5) is 0. The molecule has 2 aromatic carbocycles. The Labute approximate surface area is 112 Å². The topological polar surface area (TPSA) is 0 Å². The van der Waals surface area contributed by atoms with Gasteiger partial charge in [-0.05, 0) is 37.5 Å². The lowest BCUT2D eigenvalue weighted by molar-refractivity contribution is 0.605. The van der Waals surface area contributed by atoms with Crippen molar-refractivity contribution in [2.24, 2.45) is 0 Å². The van der Waals surface area contributed by atoms with Crippen LogP contribution in [0.4, 0.5) is 4.39 Å². The molecule has 0 amide bonds. The second-order valence-electron chi connectivity index (χ2n) is 4.62. The van der Waals surface area contributed by atoms with E-state index >= 15 is 0 Å². The second-order valence-corrected chi connectivity index (χ2v) is 5.15. The van der Waals surface area contributed by atoms with Crippen molar-refractivity contribution in [1.29, 1.82) is 0 Å². The molecule has 18 heavy (non-hydrogen) atoms. The van der Waals surface area contributed by atoms with Crippen molar-refractivity contribution in [3.63, 3.8) is 0 Å². The largest absolute Gasteiger partial charge is 0.207 e. The summed E-state index contributed by atoms with van der Waals surface area (Å²) in [7, 11) is 0. The molecule has 1 atom stereocenters. The van der Waals surface area contributed by atoms with E-state index in [0.717, 1.165) is 5.56 Å². The molecule has 0 heterocycles. The van der Waals surface area contributed by atoms with Gasteiger partial charge in [-0.2, -0.15) is 0 Å². The summed E-state index contributed by atoms with van der Waals surface area (Å²) in [6.07, 6.45) is 0.647. The number of hydrogen-bond acceptors (Lipinski definition) is 0. The fourth-order valence-electron chi connectivity index (χ4n) is 2.05. The van der Waals surface area contributed by atoms with Crippen LogP contribution in [0.1, 0.15) is 27.6 Å². The minimum absolute atomic E-state index is 0.228. The molecule has 2 heteroatoms. The van der Waals surface area contributed by atoms with E-state index in [1.807, 2.05) is 44.2 Å². The maximum absolute atomic E-state index is 13.7. The van der Waals surface area contributed by atoms with Gasteiger partial charge >= 0.3 is 0 Å². The van der Waals surface area contributed by atoms with Crippen LogP contribution in [-0.4, -0.2) is 0 Å². The molecule has 0 saturated carbocycles. The van der Waals surface area contributed by atoms with Crippen molar-refractivity contribution < 1.29 is 4.39 Å². The first kappa shape index (κ1) is 13.1. The van der Waals surface area contributed by atoms with Crippen LogP contribution in [-0.2, 0) is 6.42 Å². The van der Waals surface area contributed by atoms with Crippen LogP contribution in [0.25, 0.3) is 0 Å². The Morgan fingerprint density at radius 2 is 1.83 bits per heavy atom. The highest BCUT2D eigenvalue weighted by molar-refractivity contribution is 6.21. The van der Waals surface area contributed by atoms with E-state index in [9.17, 15) is 4.39 Å². The van der Waals surface area contributed by atoms with Gasteiger partial charge in [0.05, 0.1) is 5.38 Å². The summed E-state index contributed by atoms with van der Waals surface area (Å²) in [5.41, 5.74) is 3.97. The first-order valence-electron chi connectivity index (χ1n) is 6.02. The average Bonchev–Trinajstić information content (AvgIpc) is 2.35. The van der Waals surface area contributed by atoms with Crippen LogP contribution in [0.15, 0.2) is 42.5 Å². The maximum atomic E-state index is 13.7. The third-order valence-electron chi connectivity index (χ3n) is 3.15. The highest BCUT2D eigenvalue weighted by Gasteiger charge is 2.14. The number of rotatable bonds is 3. The lowest BCUT2D eigenvalue weighted by atomic mass is 9.99. The summed E-state index contributed by atoms with van der Waals surface area (Å²) in [6.45, 7) is 3.99. The van der Waals surface area contributed by atoms with Gasteiger partial charge in [-0.1, -0.05) is 42.0 Å². The van der Waals surface area contributed by atoms with E-state index in [2.05, 4.69) is 0 Å². The highest BCUT2D eigenvalue weighted by atomic mass is 35.5. The molecule has 0 aliphatic heterocycles. The van der Waals surface area contributed by atoms with E-state index in [0.29, 0.717) is 12.0 Å². The minimum atomic E-state index is -0.328. The quantitative estimate of drug-likeness (QED) is 0.686. The van der Waals surface area contributed by atoms with Crippen LogP contribution in [0.3, 0.4) is 0 Å². The van der Waals surface area contributed by atoms with Crippen molar-refractivity contribution in [2.75, 3.05) is 0 Å². The third kappa shape index (κ3) is 2.91. The van der Waals surface area contributed by atoms with Crippen LogP contribution >= 0.6 is 11.6 Å². The van der Waals surface area contributed by atoms with E-state index in [4.69, 9.17) is 11.6 Å². The summed E-state index contributed by atoms with van der Waals surface area (Å²) >= 11 is 6.35. The van der Waals surface area contributed by atoms with Crippen LogP contribution < -0.4 is 0 Å². The van der Waals surface area contributed by atoms with Gasteiger partial charge in [0.1, 0.15) is 5.82 Å². The fourth-order valence-corrected chi connectivity index (χ4v) is 2.38. The number of halogens is 2. The zero-order valence-corrected chi connectivity index (χ0v) is 11.3. The molecular weight excluding hydrogens is 247 g/mol. The number of alkyl halides is 1. The molecule has 0 aromatic heterocycles. The Bertz CT molecular complexity index is 549. The van der Waals surface area contributed by atoms with Crippen molar-refractivity contribution in [3.8, 4) is 0 Å². The predicted octanol–water partition coefficient (Wildman–Crippen LogP) is 4.97. The van der Waals surface area contributed by atoms with Crippen molar-refractivity contribution in [3.05, 3.63) is 70.5 Å². The highest BCUT2D eigenvalue weighted by Crippen LogP contribution is 2.28. The van der Waals surface area contributed by atoms with E-state index < -0.39 is 0 Å². The predicted molar refractivity (Wildman–Crippen MR) is 74.6 cm³/mol. The Balaban J connectivity index is 2.25. The van der Waals surface area contributed by atoms with Gasteiger partial charge in [0.2, 0.25) is 0 Å². The molecule has 0 aliphatic rings. The van der Waals surface area contributed by atoms with Gasteiger partial charge in [0, 0.05) is 5.56 Å². The van der Waals surface area contributed by atoms with Crippen molar-refractivity contribution >= 4 is 11.6 Å². The van der Waals surface area contributed by atoms with Crippen LogP contribution in [0, 0.1) is 19.7 Å². The molecule has 0 nitrogen and oxygen atoms in total. The maximum Gasteiger partial charge on any atom is 0.127 e. The Kier molecular flexibility index (Phi) is 4.03. The molecule has 2 aromatic rings. The molecule has 1 unspecified atom stereocenters. The Morgan fingerprint density at radius 3 is 2.56 bits per heavy atom. The number of benzene rings is 2. The summed E-state index contributed by atoms with van der Waals surface area (Å²) in [5, 5.41) is -0.328. The van der Waals surface area contributed by atoms with Gasteiger partial charge < -0.3 is 0 Å². The summed E-state index contributed by atoms with van der Waals surface area (Å²) < 4.78 is 13.7. The Morgan fingerprint density at radius 1 is 1.11 bits per heavy atom. The summed E-state index contributed by atoms with van der Waals surface area (Å²) in [6, 6.07) is 13.1. The first-order chi connectivity index (χ1) is 8.58. The van der Waals surface area contributed by atoms with E-state index in [1.165, 1.54) is 17.2 Å². The van der Waals surface area contributed by atoms with Crippen LogP contribution in [0.2, 0.25) is 0 Å². The van der Waals surface area contributed by atoms with Crippen molar-refractivity contribution in [1.82, 2.24) is 0 Å². The molecule has 2 rings (SSSR count). The van der Waals surface area contributed by atoms with Gasteiger partial charge in [0.25, 0.3) is 0 Å². The zero-order valence-electron chi connectivity index (χ0n) is 10.6. The van der Waals surface area contributed by atoms with Gasteiger partial charge in [0.15, 0.2) is 0 Å². The first-order valence-corrected chi connectivity index (χ1v) is 6.46. The summed E-state index contributed by atoms with van der Waals surface area (Å²) in [5.74, 6) is -0.228. The number of hydrogen-bond donors (Lipinski definition) is 0. The number of aryl methyl sites for hydroxylation is 2. The molecule has 0 fully saturated rings. The van der Waals surface area contributed by atoms with Gasteiger partial charge in [-0.15, -0.1) is 11.6 Å². The molecule has 94 valence electrons. The van der Waals surface area contributed by atoms with Gasteiger partial charge in [-0.25, -0.2) is 4.39 Å². The third-order valence-corrected chi connectivity index (χ3v) is 3.54. The van der Waals surface area contributed by atoms with E-state index in [1.54, 1.807) is 6.07 Å². The van der Waals surface area contributed by atoms with Crippen molar-refractivity contribution in [2.45, 2.75) is 25.6 Å². The Hall–Kier alpha value is -1.34. The minimum Gasteiger partial charge on any atom is -0.207 e. The normalized spacial score (nSPS) is 12.4. The zero-order chi connectivity index (χ0) is 13.1. The van der Waals surface area contributed by atoms with Gasteiger partial charge in [-0.3, -0.25) is 0 Å². The molecule has 0 bridgehead atoms. The SMILES string of the molecule is Cc1ccc(F)c(C(Cl)Cc2ccccc2C)c1. The monoisotopic (exact) mass is 262 g/mol. The smallest absolute Gasteiger partial charge is 0.127 e. The average molecular weight is 263 g/mol. The molecule has 0 aliphatic carbocycles. The van der Waals surface area contributed by atoms with E-state index in [-0.39, 0.29) is 11.2 Å². The standard InChI is InChI=1S/C16H16ClF/c1-11-7-8-16(18)14(9-11)15(17)10-13-6-4-3-5-12(13)2/h3-9,15H,10H2,1-2H3. The fraction of sp³-hybridized carbons (Fsp3) is 0.250. The molecule has 0 radical (unpaired) electrons.